The second-order valence-corrected chi connectivity index (χ2v) is 5.27. The number of hydrogen-bond donors (Lipinski definition) is 3. The van der Waals surface area contributed by atoms with Crippen LogP contribution >= 0.6 is 0 Å². The van der Waals surface area contributed by atoms with E-state index in [1.165, 1.54) is 16.9 Å². The molecule has 0 bridgehead atoms. The van der Waals surface area contributed by atoms with Gasteiger partial charge in [-0.3, -0.25) is 4.72 Å². The van der Waals surface area contributed by atoms with Crippen LogP contribution in [0, 0.1) is 0 Å². The minimum absolute atomic E-state index is 0.197. The van der Waals surface area contributed by atoms with Crippen molar-refractivity contribution in [3.63, 3.8) is 0 Å². The van der Waals surface area contributed by atoms with Gasteiger partial charge in [-0.15, -0.1) is 0 Å². The van der Waals surface area contributed by atoms with Gasteiger partial charge in [0.05, 0.1) is 5.69 Å². The zero-order valence-electron chi connectivity index (χ0n) is 10.1. The quantitative estimate of drug-likeness (QED) is 0.739. The topological polar surface area (TPSA) is 70.2 Å². The van der Waals surface area contributed by atoms with Crippen LogP contribution in [0.25, 0.3) is 0 Å². The summed E-state index contributed by atoms with van der Waals surface area (Å²) < 4.78 is 62.0. The van der Waals surface area contributed by atoms with Crippen LogP contribution in [0.15, 0.2) is 24.3 Å². The predicted octanol–water partition coefficient (Wildman–Crippen LogP) is 1.21. The van der Waals surface area contributed by atoms with Crippen molar-refractivity contribution in [3.05, 3.63) is 29.8 Å². The first kappa shape index (κ1) is 15.7. The molecule has 0 aliphatic carbocycles. The Morgan fingerprint density at radius 2 is 1.95 bits per heavy atom. The third-order valence-electron chi connectivity index (χ3n) is 2.02. The molecule has 5 nitrogen and oxygen atoms in total. The molecule has 0 unspecified atom stereocenters. The first-order valence-corrected chi connectivity index (χ1v) is 6.78. The number of rotatable bonds is 6. The molecule has 19 heavy (non-hydrogen) atoms. The molecule has 108 valence electrons. The molecular formula is C10H14F3N3O2S. The minimum Gasteiger partial charge on any atom is -0.316 e. The molecule has 1 aromatic rings. The maximum atomic E-state index is 11.9. The molecule has 0 saturated carbocycles. The molecule has 3 N–H and O–H groups in total. The van der Waals surface area contributed by atoms with Crippen LogP contribution in [0.5, 0.6) is 0 Å². The molecule has 0 fully saturated rings. The van der Waals surface area contributed by atoms with Crippen molar-refractivity contribution >= 4 is 15.9 Å². The van der Waals surface area contributed by atoms with Crippen LogP contribution in [0.4, 0.5) is 18.9 Å². The van der Waals surface area contributed by atoms with Crippen molar-refractivity contribution in [3.8, 4) is 0 Å². The molecule has 9 heteroatoms. The average Bonchev–Trinajstić information content (AvgIpc) is 2.26. The highest BCUT2D eigenvalue weighted by Crippen LogP contribution is 2.14. The molecule has 0 heterocycles. The van der Waals surface area contributed by atoms with Crippen molar-refractivity contribution in [1.82, 2.24) is 10.0 Å². The molecule has 0 aliphatic heterocycles. The predicted molar refractivity (Wildman–Crippen MR) is 65.8 cm³/mol. The number of benzene rings is 1. The summed E-state index contributed by atoms with van der Waals surface area (Å²) in [4.78, 5) is 0. The lowest BCUT2D eigenvalue weighted by Gasteiger charge is -2.11. The summed E-state index contributed by atoms with van der Waals surface area (Å²) in [5, 5.41) is 2.88. The molecule has 0 spiro atoms. The number of halogens is 3. The largest absolute Gasteiger partial charge is 0.402 e. The second kappa shape index (κ2) is 6.22. The van der Waals surface area contributed by atoms with Gasteiger partial charge in [0.15, 0.2) is 0 Å². The zero-order valence-corrected chi connectivity index (χ0v) is 10.9. The Kier molecular flexibility index (Phi) is 5.15. The molecule has 0 saturated heterocycles. The van der Waals surface area contributed by atoms with E-state index in [1.807, 2.05) is 4.72 Å². The maximum absolute atomic E-state index is 11.9. The van der Waals surface area contributed by atoms with Crippen LogP contribution in [0.3, 0.4) is 0 Å². The van der Waals surface area contributed by atoms with E-state index in [1.54, 1.807) is 19.2 Å². The van der Waals surface area contributed by atoms with Gasteiger partial charge in [-0.1, -0.05) is 12.1 Å². The van der Waals surface area contributed by atoms with Gasteiger partial charge >= 0.3 is 6.18 Å². The van der Waals surface area contributed by atoms with E-state index in [0.717, 1.165) is 5.56 Å². The van der Waals surface area contributed by atoms with Crippen molar-refractivity contribution in [2.75, 3.05) is 18.3 Å². The molecule has 1 aromatic carbocycles. The lowest BCUT2D eigenvalue weighted by atomic mass is 10.2. The monoisotopic (exact) mass is 297 g/mol. The normalized spacial score (nSPS) is 12.4. The average molecular weight is 297 g/mol. The van der Waals surface area contributed by atoms with Gasteiger partial charge in [-0.2, -0.15) is 26.3 Å². The SMILES string of the molecule is CNCc1cccc(NS(=O)(=O)NCC(F)(F)F)c1. The van der Waals surface area contributed by atoms with Gasteiger partial charge in [0, 0.05) is 6.54 Å². The van der Waals surface area contributed by atoms with Crippen molar-refractivity contribution in [2.24, 2.45) is 0 Å². The van der Waals surface area contributed by atoms with Crippen LogP contribution in [0.2, 0.25) is 0 Å². The van der Waals surface area contributed by atoms with E-state index in [0.29, 0.717) is 6.54 Å². The van der Waals surface area contributed by atoms with Crippen molar-refractivity contribution in [2.45, 2.75) is 12.7 Å². The number of alkyl halides is 3. The molecule has 0 amide bonds. The minimum atomic E-state index is -4.59. The van der Waals surface area contributed by atoms with E-state index < -0.39 is 22.9 Å². The molecule has 0 radical (unpaired) electrons. The van der Waals surface area contributed by atoms with Gasteiger partial charge in [0.2, 0.25) is 0 Å². The molecule has 0 atom stereocenters. The summed E-state index contributed by atoms with van der Waals surface area (Å²) in [6.45, 7) is -1.09. The maximum Gasteiger partial charge on any atom is 0.402 e. The lowest BCUT2D eigenvalue weighted by Crippen LogP contribution is -2.37. The van der Waals surface area contributed by atoms with Crippen LogP contribution in [-0.4, -0.2) is 28.2 Å². The van der Waals surface area contributed by atoms with E-state index >= 15 is 0 Å². The fourth-order valence-corrected chi connectivity index (χ4v) is 2.18. The summed E-state index contributed by atoms with van der Waals surface area (Å²) in [6.07, 6.45) is -4.59. The summed E-state index contributed by atoms with van der Waals surface area (Å²) >= 11 is 0. The third kappa shape index (κ3) is 6.41. The molecule has 0 aromatic heterocycles. The molecule has 0 aliphatic rings. The smallest absolute Gasteiger partial charge is 0.316 e. The van der Waals surface area contributed by atoms with Crippen LogP contribution < -0.4 is 14.8 Å². The van der Waals surface area contributed by atoms with E-state index in [4.69, 9.17) is 0 Å². The van der Waals surface area contributed by atoms with E-state index in [-0.39, 0.29) is 5.69 Å². The highest BCUT2D eigenvalue weighted by molar-refractivity contribution is 7.90. The Labute approximate surface area is 109 Å². The Hall–Kier alpha value is -1.32. The van der Waals surface area contributed by atoms with Gasteiger partial charge in [-0.25, -0.2) is 0 Å². The Morgan fingerprint density at radius 3 is 2.53 bits per heavy atom. The highest BCUT2D eigenvalue weighted by Gasteiger charge is 2.29. The lowest BCUT2D eigenvalue weighted by molar-refractivity contribution is -0.121. The standard InChI is InChI=1S/C10H14F3N3O2S/c1-14-6-8-3-2-4-9(5-8)16-19(17,18)15-7-10(11,12)13/h2-5,14-16H,6-7H2,1H3. The Balaban J connectivity index is 2.70. The first-order chi connectivity index (χ1) is 8.72. The fraction of sp³-hybridized carbons (Fsp3) is 0.400. The van der Waals surface area contributed by atoms with Crippen LogP contribution in [0.1, 0.15) is 5.56 Å². The van der Waals surface area contributed by atoms with Gasteiger partial charge in [0.1, 0.15) is 6.54 Å². The highest BCUT2D eigenvalue weighted by atomic mass is 32.2. The summed E-state index contributed by atoms with van der Waals surface area (Å²) in [6, 6.07) is 6.35. The second-order valence-electron chi connectivity index (χ2n) is 3.77. The van der Waals surface area contributed by atoms with Gasteiger partial charge in [0.25, 0.3) is 10.2 Å². The van der Waals surface area contributed by atoms with Gasteiger partial charge < -0.3 is 5.32 Å². The third-order valence-corrected chi connectivity index (χ3v) is 3.05. The number of anilines is 1. The van der Waals surface area contributed by atoms with Gasteiger partial charge in [-0.05, 0) is 24.7 Å². The first-order valence-electron chi connectivity index (χ1n) is 5.29. The van der Waals surface area contributed by atoms with Crippen molar-refractivity contribution < 1.29 is 21.6 Å². The summed E-state index contributed by atoms with van der Waals surface area (Å²) in [5.74, 6) is 0. The number of hydrogen-bond acceptors (Lipinski definition) is 3. The number of nitrogens with one attached hydrogen (secondary N) is 3. The zero-order chi connectivity index (χ0) is 14.5. The molecule has 1 rings (SSSR count). The van der Waals surface area contributed by atoms with Crippen molar-refractivity contribution in [1.29, 1.82) is 0 Å². The Morgan fingerprint density at radius 1 is 1.26 bits per heavy atom. The van der Waals surface area contributed by atoms with E-state index in [2.05, 4.69) is 5.32 Å². The summed E-state index contributed by atoms with van der Waals surface area (Å²) in [7, 11) is -2.52. The van der Waals surface area contributed by atoms with Crippen LogP contribution in [-0.2, 0) is 16.8 Å². The summed E-state index contributed by atoms with van der Waals surface area (Å²) in [5.41, 5.74) is 1.00. The fourth-order valence-electron chi connectivity index (χ4n) is 1.32. The molecular weight excluding hydrogens is 283 g/mol. The Bertz CT molecular complexity index is 517. The van der Waals surface area contributed by atoms with E-state index in [9.17, 15) is 21.6 Å².